The first-order chi connectivity index (χ1) is 25.3. The number of hydrogen-bond acceptors (Lipinski definition) is 3. The third-order valence-electron chi connectivity index (χ3n) is 9.82. The second-order valence-corrected chi connectivity index (χ2v) is 12.9. The summed E-state index contributed by atoms with van der Waals surface area (Å²) in [6.07, 6.45) is 0. The standard InChI is InChI=1S/C47H30N4/c1-3-14-32(15-4-1)40-29-36(26-27-43(40)51-42-25-12-11-23-38(42)41-28-34-19-7-8-20-35(34)30-44(41)51)46-48-45(33-17-5-2-6-18-33)49-47(50-46)39-24-13-21-31-16-9-10-22-37(31)39/h1-30H. The lowest BCUT2D eigenvalue weighted by molar-refractivity contribution is 1.07. The number of fused-ring (bicyclic) bond motifs is 5. The Hall–Kier alpha value is -6.91. The first-order valence-electron chi connectivity index (χ1n) is 17.2. The van der Waals surface area contributed by atoms with E-state index in [4.69, 9.17) is 15.0 Å². The number of benzene rings is 8. The van der Waals surface area contributed by atoms with Crippen molar-refractivity contribution < 1.29 is 0 Å². The van der Waals surface area contributed by atoms with Crippen molar-refractivity contribution in [1.82, 2.24) is 19.5 Å². The fourth-order valence-electron chi connectivity index (χ4n) is 7.40. The van der Waals surface area contributed by atoms with Crippen LogP contribution in [0.4, 0.5) is 0 Å². The maximum atomic E-state index is 5.18. The summed E-state index contributed by atoms with van der Waals surface area (Å²) in [5.74, 6) is 1.92. The van der Waals surface area contributed by atoms with Crippen LogP contribution in [0.2, 0.25) is 0 Å². The van der Waals surface area contributed by atoms with Gasteiger partial charge < -0.3 is 4.57 Å². The topological polar surface area (TPSA) is 43.6 Å². The Labute approximate surface area is 295 Å². The Morgan fingerprint density at radius 2 is 0.902 bits per heavy atom. The monoisotopic (exact) mass is 650 g/mol. The van der Waals surface area contributed by atoms with Crippen molar-refractivity contribution in [3.63, 3.8) is 0 Å². The highest BCUT2D eigenvalue weighted by molar-refractivity contribution is 6.14. The molecule has 0 saturated carbocycles. The van der Waals surface area contributed by atoms with E-state index in [0.717, 1.165) is 49.8 Å². The van der Waals surface area contributed by atoms with Gasteiger partial charge in [0.15, 0.2) is 17.5 Å². The van der Waals surface area contributed by atoms with Crippen LogP contribution in [-0.4, -0.2) is 19.5 Å². The van der Waals surface area contributed by atoms with E-state index in [2.05, 4.69) is 168 Å². The Morgan fingerprint density at radius 3 is 1.69 bits per heavy atom. The van der Waals surface area contributed by atoms with Crippen molar-refractivity contribution in [2.45, 2.75) is 0 Å². The molecule has 0 N–H and O–H groups in total. The molecule has 51 heavy (non-hydrogen) atoms. The molecule has 238 valence electrons. The zero-order valence-corrected chi connectivity index (χ0v) is 27.6. The molecule has 4 heteroatoms. The molecule has 4 nitrogen and oxygen atoms in total. The predicted molar refractivity (Wildman–Crippen MR) is 211 cm³/mol. The fourth-order valence-corrected chi connectivity index (χ4v) is 7.40. The number of aromatic nitrogens is 4. The molecule has 0 aliphatic heterocycles. The Morgan fingerprint density at radius 1 is 0.314 bits per heavy atom. The van der Waals surface area contributed by atoms with Crippen LogP contribution >= 0.6 is 0 Å². The van der Waals surface area contributed by atoms with Crippen LogP contribution in [0.1, 0.15) is 0 Å². The van der Waals surface area contributed by atoms with Gasteiger partial charge in [-0.15, -0.1) is 0 Å². The number of para-hydroxylation sites is 1. The van der Waals surface area contributed by atoms with E-state index in [1.54, 1.807) is 0 Å². The van der Waals surface area contributed by atoms with Gasteiger partial charge in [-0.1, -0.05) is 146 Å². The van der Waals surface area contributed by atoms with Gasteiger partial charge in [-0.2, -0.15) is 0 Å². The van der Waals surface area contributed by atoms with Gasteiger partial charge in [-0.05, 0) is 63.5 Å². The van der Waals surface area contributed by atoms with Crippen LogP contribution in [0.3, 0.4) is 0 Å². The molecule has 10 rings (SSSR count). The molecule has 2 heterocycles. The largest absolute Gasteiger partial charge is 0.309 e. The van der Waals surface area contributed by atoms with E-state index in [1.807, 2.05) is 18.2 Å². The lowest BCUT2D eigenvalue weighted by Crippen LogP contribution is -2.02. The highest BCUT2D eigenvalue weighted by atomic mass is 15.0. The molecule has 0 atom stereocenters. The van der Waals surface area contributed by atoms with Gasteiger partial charge in [0.05, 0.1) is 16.7 Å². The lowest BCUT2D eigenvalue weighted by Gasteiger charge is -2.16. The summed E-state index contributed by atoms with van der Waals surface area (Å²) in [7, 11) is 0. The third kappa shape index (κ3) is 4.96. The summed E-state index contributed by atoms with van der Waals surface area (Å²) in [4.78, 5) is 15.3. The second-order valence-electron chi connectivity index (χ2n) is 12.9. The average Bonchev–Trinajstić information content (AvgIpc) is 3.52. The second kappa shape index (κ2) is 11.9. The van der Waals surface area contributed by atoms with Crippen LogP contribution in [0, 0.1) is 0 Å². The Kier molecular flexibility index (Phi) is 6.78. The minimum atomic E-state index is 0.628. The van der Waals surface area contributed by atoms with Gasteiger partial charge in [-0.25, -0.2) is 15.0 Å². The maximum Gasteiger partial charge on any atom is 0.164 e. The highest BCUT2D eigenvalue weighted by Gasteiger charge is 2.19. The molecule has 0 aliphatic carbocycles. The Bertz CT molecular complexity index is 2900. The normalized spacial score (nSPS) is 11.5. The average molecular weight is 651 g/mol. The van der Waals surface area contributed by atoms with Gasteiger partial charge >= 0.3 is 0 Å². The molecule has 0 spiro atoms. The minimum Gasteiger partial charge on any atom is -0.309 e. The summed E-state index contributed by atoms with van der Waals surface area (Å²) in [6, 6.07) is 64.0. The zero-order chi connectivity index (χ0) is 33.7. The summed E-state index contributed by atoms with van der Waals surface area (Å²) >= 11 is 0. The van der Waals surface area contributed by atoms with Gasteiger partial charge in [0, 0.05) is 33.0 Å². The summed E-state index contributed by atoms with van der Waals surface area (Å²) in [6.45, 7) is 0. The molecule has 2 aromatic heterocycles. The first-order valence-corrected chi connectivity index (χ1v) is 17.2. The fraction of sp³-hybridized carbons (Fsp3) is 0. The van der Waals surface area contributed by atoms with Crippen molar-refractivity contribution in [1.29, 1.82) is 0 Å². The molecular formula is C47H30N4. The maximum absolute atomic E-state index is 5.18. The van der Waals surface area contributed by atoms with Gasteiger partial charge in [0.2, 0.25) is 0 Å². The van der Waals surface area contributed by atoms with E-state index >= 15 is 0 Å². The first kappa shape index (κ1) is 29.0. The van der Waals surface area contributed by atoms with Gasteiger partial charge in [0.1, 0.15) is 0 Å². The molecule has 10 aromatic rings. The minimum absolute atomic E-state index is 0.628. The van der Waals surface area contributed by atoms with E-state index in [1.165, 1.54) is 27.1 Å². The predicted octanol–water partition coefficient (Wildman–Crippen LogP) is 11.9. The SMILES string of the molecule is c1ccc(-c2nc(-c3ccc(-n4c5ccccc5c5cc6ccccc6cc54)c(-c4ccccc4)c3)nc(-c3cccc4ccccc34)n2)cc1. The lowest BCUT2D eigenvalue weighted by atomic mass is 9.99. The van der Waals surface area contributed by atoms with Crippen molar-refractivity contribution in [2.75, 3.05) is 0 Å². The van der Waals surface area contributed by atoms with Crippen LogP contribution in [0.25, 0.3) is 94.3 Å². The van der Waals surface area contributed by atoms with Crippen molar-refractivity contribution >= 4 is 43.4 Å². The number of rotatable bonds is 5. The van der Waals surface area contributed by atoms with E-state index in [-0.39, 0.29) is 0 Å². The molecular weight excluding hydrogens is 621 g/mol. The van der Waals surface area contributed by atoms with E-state index < -0.39 is 0 Å². The molecule has 0 bridgehead atoms. The summed E-state index contributed by atoms with van der Waals surface area (Å²) in [5.41, 5.74) is 8.49. The van der Waals surface area contributed by atoms with Crippen molar-refractivity contribution in [2.24, 2.45) is 0 Å². The van der Waals surface area contributed by atoms with Crippen LogP contribution in [-0.2, 0) is 0 Å². The Balaban J connectivity index is 1.24. The third-order valence-corrected chi connectivity index (χ3v) is 9.82. The quantitative estimate of drug-likeness (QED) is 0.186. The summed E-state index contributed by atoms with van der Waals surface area (Å²) < 4.78 is 2.41. The number of hydrogen-bond donors (Lipinski definition) is 0. The highest BCUT2D eigenvalue weighted by Crippen LogP contribution is 2.39. The van der Waals surface area contributed by atoms with Crippen molar-refractivity contribution in [3.05, 3.63) is 182 Å². The van der Waals surface area contributed by atoms with Crippen LogP contribution in [0.5, 0.6) is 0 Å². The van der Waals surface area contributed by atoms with E-state index in [9.17, 15) is 0 Å². The van der Waals surface area contributed by atoms with Crippen LogP contribution in [0.15, 0.2) is 182 Å². The molecule has 8 aromatic carbocycles. The summed E-state index contributed by atoms with van der Waals surface area (Å²) in [5, 5.41) is 7.16. The van der Waals surface area contributed by atoms with E-state index in [0.29, 0.717) is 17.5 Å². The smallest absolute Gasteiger partial charge is 0.164 e. The molecule has 0 fully saturated rings. The van der Waals surface area contributed by atoms with Gasteiger partial charge in [0.25, 0.3) is 0 Å². The molecule has 0 radical (unpaired) electrons. The zero-order valence-electron chi connectivity index (χ0n) is 27.6. The number of nitrogens with zero attached hydrogens (tertiary/aromatic N) is 4. The molecule has 0 aliphatic rings. The molecule has 0 saturated heterocycles. The van der Waals surface area contributed by atoms with Crippen LogP contribution < -0.4 is 0 Å². The van der Waals surface area contributed by atoms with Crippen molar-refractivity contribution in [3.8, 4) is 51.0 Å². The van der Waals surface area contributed by atoms with Gasteiger partial charge in [-0.3, -0.25) is 0 Å². The molecule has 0 amide bonds. The molecule has 0 unspecified atom stereocenters.